The maximum atomic E-state index is 5.23. The van der Waals surface area contributed by atoms with Crippen LogP contribution in [-0.2, 0) is 6.42 Å². The normalized spacial score (nSPS) is 9.60. The van der Waals surface area contributed by atoms with Gasteiger partial charge in [-0.1, -0.05) is 26.8 Å². The third kappa shape index (κ3) is 2.48. The number of thiazole rings is 1. The van der Waals surface area contributed by atoms with Gasteiger partial charge in [0.2, 0.25) is 0 Å². The van der Waals surface area contributed by atoms with Crippen LogP contribution in [0.3, 0.4) is 0 Å². The molecule has 82 valence electrons. The van der Waals surface area contributed by atoms with Gasteiger partial charge in [-0.15, -0.1) is 11.3 Å². The minimum Gasteiger partial charge on any atom is -0.494 e. The molecule has 0 saturated heterocycles. The average molecular weight is 223 g/mol. The highest BCUT2D eigenvalue weighted by Crippen LogP contribution is 2.29. The molecule has 1 aromatic carbocycles. The van der Waals surface area contributed by atoms with Crippen LogP contribution in [0.4, 0.5) is 0 Å². The van der Waals surface area contributed by atoms with Crippen LogP contribution in [-0.4, -0.2) is 12.1 Å². The Kier molecular flexibility index (Phi) is 4.56. The number of hydrogen-bond acceptors (Lipinski definition) is 3. The van der Waals surface area contributed by atoms with Gasteiger partial charge >= 0.3 is 0 Å². The number of aromatic nitrogens is 1. The minimum absolute atomic E-state index is 0.869. The van der Waals surface area contributed by atoms with Gasteiger partial charge in [0.05, 0.1) is 16.8 Å². The van der Waals surface area contributed by atoms with Crippen LogP contribution in [0.25, 0.3) is 10.2 Å². The number of rotatable bonds is 2. The van der Waals surface area contributed by atoms with Gasteiger partial charge in [-0.05, 0) is 18.6 Å². The first-order valence-corrected chi connectivity index (χ1v) is 6.09. The Hall–Kier alpha value is -1.09. The lowest BCUT2D eigenvalue weighted by atomic mass is 10.3. The predicted octanol–water partition coefficient (Wildman–Crippen LogP) is 3.89. The molecule has 1 aromatic heterocycles. The zero-order chi connectivity index (χ0) is 11.3. The second-order valence-electron chi connectivity index (χ2n) is 2.77. The van der Waals surface area contributed by atoms with Gasteiger partial charge in [0, 0.05) is 0 Å². The van der Waals surface area contributed by atoms with Crippen LogP contribution in [0, 0.1) is 0 Å². The molecule has 3 heteroatoms. The van der Waals surface area contributed by atoms with Crippen molar-refractivity contribution in [3.05, 3.63) is 23.2 Å². The first-order valence-electron chi connectivity index (χ1n) is 5.27. The number of ether oxygens (including phenoxy) is 1. The molecule has 0 fully saturated rings. The fourth-order valence-electron chi connectivity index (χ4n) is 1.29. The lowest BCUT2D eigenvalue weighted by Crippen LogP contribution is -1.83. The Balaban J connectivity index is 0.000000531. The van der Waals surface area contributed by atoms with Crippen molar-refractivity contribution < 1.29 is 4.74 Å². The van der Waals surface area contributed by atoms with Gasteiger partial charge in [-0.25, -0.2) is 4.98 Å². The number of methoxy groups -OCH3 is 1. The Morgan fingerprint density at radius 2 is 2.07 bits per heavy atom. The molecule has 15 heavy (non-hydrogen) atoms. The first kappa shape index (κ1) is 12.0. The number of nitrogens with zero attached hydrogens (tertiary/aromatic N) is 1. The van der Waals surface area contributed by atoms with Crippen LogP contribution in [0.15, 0.2) is 18.2 Å². The van der Waals surface area contributed by atoms with Crippen LogP contribution >= 0.6 is 11.3 Å². The number of hydrogen-bond donors (Lipinski definition) is 0. The first-order chi connectivity index (χ1) is 7.35. The second-order valence-corrected chi connectivity index (χ2v) is 3.88. The molecule has 0 saturated carbocycles. The van der Waals surface area contributed by atoms with E-state index in [1.807, 2.05) is 26.0 Å². The van der Waals surface area contributed by atoms with Gasteiger partial charge in [-0.3, -0.25) is 0 Å². The molecule has 2 rings (SSSR count). The molecule has 2 nitrogen and oxygen atoms in total. The van der Waals surface area contributed by atoms with Crippen LogP contribution < -0.4 is 4.74 Å². The van der Waals surface area contributed by atoms with Crippen molar-refractivity contribution in [3.63, 3.8) is 0 Å². The SMILES string of the molecule is CC.CCc1nc2c(OC)cccc2s1. The standard InChI is InChI=1S/C10H11NOS.C2H6/c1-3-9-11-10-7(12-2)5-4-6-8(10)13-9;1-2/h4-6H,3H2,1-2H3;1-2H3. The second kappa shape index (κ2) is 5.71. The maximum absolute atomic E-state index is 5.23. The molecule has 0 amide bonds. The molecule has 0 N–H and O–H groups in total. The Bertz CT molecular complexity index is 422. The van der Waals surface area contributed by atoms with Gasteiger partial charge in [-0.2, -0.15) is 0 Å². The summed E-state index contributed by atoms with van der Waals surface area (Å²) >= 11 is 1.74. The minimum atomic E-state index is 0.869. The summed E-state index contributed by atoms with van der Waals surface area (Å²) in [7, 11) is 1.68. The van der Waals surface area contributed by atoms with E-state index < -0.39 is 0 Å². The van der Waals surface area contributed by atoms with E-state index in [9.17, 15) is 0 Å². The van der Waals surface area contributed by atoms with Gasteiger partial charge in [0.1, 0.15) is 11.3 Å². The summed E-state index contributed by atoms with van der Waals surface area (Å²) in [5.41, 5.74) is 0.992. The van der Waals surface area contributed by atoms with E-state index in [1.165, 1.54) is 9.71 Å². The van der Waals surface area contributed by atoms with Crippen molar-refractivity contribution in [1.82, 2.24) is 4.98 Å². The van der Waals surface area contributed by atoms with Crippen molar-refractivity contribution in [2.45, 2.75) is 27.2 Å². The molecule has 0 aliphatic heterocycles. The van der Waals surface area contributed by atoms with Crippen LogP contribution in [0.5, 0.6) is 5.75 Å². The highest BCUT2D eigenvalue weighted by molar-refractivity contribution is 7.18. The molecule has 0 spiro atoms. The van der Waals surface area contributed by atoms with Crippen molar-refractivity contribution in [3.8, 4) is 5.75 Å². The van der Waals surface area contributed by atoms with Crippen molar-refractivity contribution >= 4 is 21.6 Å². The lowest BCUT2D eigenvalue weighted by molar-refractivity contribution is 0.419. The molecule has 0 aliphatic carbocycles. The van der Waals surface area contributed by atoms with E-state index in [4.69, 9.17) is 4.74 Å². The largest absolute Gasteiger partial charge is 0.494 e. The number of para-hydroxylation sites is 1. The zero-order valence-corrected chi connectivity index (χ0v) is 10.5. The van der Waals surface area contributed by atoms with Crippen LogP contribution in [0.1, 0.15) is 25.8 Å². The van der Waals surface area contributed by atoms with E-state index in [-0.39, 0.29) is 0 Å². The van der Waals surface area contributed by atoms with Gasteiger partial charge in [0.15, 0.2) is 0 Å². The van der Waals surface area contributed by atoms with E-state index in [1.54, 1.807) is 18.4 Å². The molecular weight excluding hydrogens is 206 g/mol. The van der Waals surface area contributed by atoms with Crippen molar-refractivity contribution in [1.29, 1.82) is 0 Å². The molecule has 0 radical (unpaired) electrons. The summed E-state index contributed by atoms with van der Waals surface area (Å²) in [6.07, 6.45) is 0.989. The third-order valence-corrected chi connectivity index (χ3v) is 3.11. The smallest absolute Gasteiger partial charge is 0.145 e. The summed E-state index contributed by atoms with van der Waals surface area (Å²) < 4.78 is 6.43. The van der Waals surface area contributed by atoms with Gasteiger partial charge < -0.3 is 4.74 Å². The third-order valence-electron chi connectivity index (χ3n) is 1.95. The average Bonchev–Trinajstić information content (AvgIpc) is 2.74. The van der Waals surface area contributed by atoms with E-state index in [0.29, 0.717) is 0 Å². The lowest BCUT2D eigenvalue weighted by Gasteiger charge is -1.97. The Morgan fingerprint density at radius 3 is 2.67 bits per heavy atom. The number of fused-ring (bicyclic) bond motifs is 1. The molecule has 2 aromatic rings. The summed E-state index contributed by atoms with van der Waals surface area (Å²) in [6, 6.07) is 6.02. The van der Waals surface area contributed by atoms with E-state index in [2.05, 4.69) is 18.0 Å². The monoisotopic (exact) mass is 223 g/mol. The van der Waals surface area contributed by atoms with Crippen molar-refractivity contribution in [2.24, 2.45) is 0 Å². The molecule has 1 heterocycles. The van der Waals surface area contributed by atoms with E-state index >= 15 is 0 Å². The zero-order valence-electron chi connectivity index (χ0n) is 9.70. The predicted molar refractivity (Wildman–Crippen MR) is 66.9 cm³/mol. The summed E-state index contributed by atoms with van der Waals surface area (Å²) in [5.74, 6) is 0.869. The maximum Gasteiger partial charge on any atom is 0.145 e. The fourth-order valence-corrected chi connectivity index (χ4v) is 2.21. The quantitative estimate of drug-likeness (QED) is 0.770. The Labute approximate surface area is 94.9 Å². The molecule has 0 bridgehead atoms. The molecule has 0 unspecified atom stereocenters. The number of benzene rings is 1. The Morgan fingerprint density at radius 1 is 1.33 bits per heavy atom. The number of aryl methyl sites for hydroxylation is 1. The van der Waals surface area contributed by atoms with Crippen molar-refractivity contribution in [2.75, 3.05) is 7.11 Å². The fraction of sp³-hybridized carbons (Fsp3) is 0.417. The van der Waals surface area contributed by atoms with E-state index in [0.717, 1.165) is 17.7 Å². The molecule has 0 atom stereocenters. The highest BCUT2D eigenvalue weighted by atomic mass is 32.1. The highest BCUT2D eigenvalue weighted by Gasteiger charge is 2.06. The molecular formula is C12H17NOS. The molecule has 0 aliphatic rings. The summed E-state index contributed by atoms with van der Waals surface area (Å²) in [6.45, 7) is 6.12. The van der Waals surface area contributed by atoms with Crippen LogP contribution in [0.2, 0.25) is 0 Å². The summed E-state index contributed by atoms with van der Waals surface area (Å²) in [5, 5.41) is 1.17. The van der Waals surface area contributed by atoms with Gasteiger partial charge in [0.25, 0.3) is 0 Å². The topological polar surface area (TPSA) is 22.1 Å². The summed E-state index contributed by atoms with van der Waals surface area (Å²) in [4.78, 5) is 4.50.